The zero-order valence-electron chi connectivity index (χ0n) is 15.5. The quantitative estimate of drug-likeness (QED) is 0.225. The summed E-state index contributed by atoms with van der Waals surface area (Å²) >= 11 is 0. The third kappa shape index (κ3) is 20.1. The minimum absolute atomic E-state index is 0.0934. The smallest absolute Gasteiger partial charge is 0.393 e. The molecule has 0 radical (unpaired) electrons. The van der Waals surface area contributed by atoms with Crippen molar-refractivity contribution in [2.24, 2.45) is 0 Å². The molecule has 6 heteroatoms. The largest absolute Gasteiger partial charge is 0.469 e. The third-order valence-electron chi connectivity index (χ3n) is 4.35. The van der Waals surface area contributed by atoms with E-state index in [1.165, 1.54) is 70.6 Å². The van der Waals surface area contributed by atoms with Crippen molar-refractivity contribution in [1.82, 2.24) is 0 Å². The maximum atomic E-state index is 10.5. The highest BCUT2D eigenvalue weighted by molar-refractivity contribution is 7.46. The van der Waals surface area contributed by atoms with Gasteiger partial charge in [-0.3, -0.25) is 4.52 Å². The van der Waals surface area contributed by atoms with Gasteiger partial charge >= 0.3 is 7.82 Å². The van der Waals surface area contributed by atoms with Crippen LogP contribution in [-0.4, -0.2) is 27.6 Å². The molecule has 0 aromatic carbocycles. The van der Waals surface area contributed by atoms with Gasteiger partial charge in [-0.1, -0.05) is 90.4 Å². The molecule has 146 valence electrons. The maximum absolute atomic E-state index is 10.5. The number of phosphoric ester groups is 1. The van der Waals surface area contributed by atoms with Gasteiger partial charge in [-0.2, -0.15) is 0 Å². The molecule has 0 bridgehead atoms. The van der Waals surface area contributed by atoms with E-state index in [0.29, 0.717) is 6.42 Å². The first-order valence-corrected chi connectivity index (χ1v) is 11.4. The molecule has 0 aliphatic heterocycles. The normalized spacial score (nSPS) is 13.3. The van der Waals surface area contributed by atoms with Gasteiger partial charge in [0.1, 0.15) is 0 Å². The summed E-state index contributed by atoms with van der Waals surface area (Å²) in [4.78, 5) is 17.1. The predicted octanol–water partition coefficient (Wildman–Crippen LogP) is 5.33. The van der Waals surface area contributed by atoms with E-state index in [0.717, 1.165) is 12.8 Å². The SMILES string of the molecule is CCCCCCCCCCCCCCC[C@@H](O)CCOP(=O)(O)O. The van der Waals surface area contributed by atoms with Gasteiger partial charge in [-0.15, -0.1) is 0 Å². The molecule has 3 N–H and O–H groups in total. The fourth-order valence-electron chi connectivity index (χ4n) is 2.85. The second-order valence-corrected chi connectivity index (χ2v) is 8.04. The molecule has 24 heavy (non-hydrogen) atoms. The van der Waals surface area contributed by atoms with E-state index >= 15 is 0 Å². The van der Waals surface area contributed by atoms with Crippen molar-refractivity contribution < 1.29 is 24.0 Å². The number of hydrogen-bond donors (Lipinski definition) is 3. The minimum atomic E-state index is -4.39. The van der Waals surface area contributed by atoms with Crippen LogP contribution >= 0.6 is 7.82 Å². The lowest BCUT2D eigenvalue weighted by molar-refractivity contribution is 0.114. The summed E-state index contributed by atoms with van der Waals surface area (Å²) in [5.41, 5.74) is 0. The summed E-state index contributed by atoms with van der Waals surface area (Å²) < 4.78 is 14.8. The fourth-order valence-corrected chi connectivity index (χ4v) is 3.19. The van der Waals surface area contributed by atoms with Gasteiger partial charge in [-0.25, -0.2) is 4.57 Å². The summed E-state index contributed by atoms with van der Waals surface area (Å²) in [6, 6.07) is 0. The summed E-state index contributed by atoms with van der Waals surface area (Å²) in [6.07, 6.45) is 17.3. The van der Waals surface area contributed by atoms with Crippen LogP contribution in [0.5, 0.6) is 0 Å². The number of phosphoric acid groups is 1. The molecule has 0 aromatic rings. The van der Waals surface area contributed by atoms with Crippen LogP contribution in [0, 0.1) is 0 Å². The Balaban J connectivity index is 3.18. The topological polar surface area (TPSA) is 87.0 Å². The highest BCUT2D eigenvalue weighted by Gasteiger charge is 2.14. The summed E-state index contributed by atoms with van der Waals surface area (Å²) in [5, 5.41) is 9.69. The standard InChI is InChI=1S/C18H39O5P/c1-2-3-4-5-6-7-8-9-10-11-12-13-14-15-18(19)16-17-23-24(20,21)22/h18-19H,2-17H2,1H3,(H2,20,21,22)/t18-/m1/s1. The Labute approximate surface area is 148 Å². The van der Waals surface area contributed by atoms with Crippen LogP contribution in [0.25, 0.3) is 0 Å². The molecule has 0 fully saturated rings. The van der Waals surface area contributed by atoms with E-state index in [2.05, 4.69) is 11.4 Å². The molecule has 0 amide bonds. The Morgan fingerprint density at radius 2 is 1.17 bits per heavy atom. The molecule has 1 atom stereocenters. The second kappa shape index (κ2) is 16.5. The Hall–Kier alpha value is 0.0700. The van der Waals surface area contributed by atoms with Crippen LogP contribution in [-0.2, 0) is 9.09 Å². The molecule has 0 saturated heterocycles. The minimum Gasteiger partial charge on any atom is -0.393 e. The summed E-state index contributed by atoms with van der Waals surface area (Å²) in [6.45, 7) is 2.16. The van der Waals surface area contributed by atoms with Gasteiger partial charge in [0.15, 0.2) is 0 Å². The van der Waals surface area contributed by atoms with E-state index in [-0.39, 0.29) is 13.0 Å². The van der Waals surface area contributed by atoms with Crippen molar-refractivity contribution >= 4 is 7.82 Å². The lowest BCUT2D eigenvalue weighted by Gasteiger charge is -2.11. The molecule has 5 nitrogen and oxygen atoms in total. The Morgan fingerprint density at radius 1 is 0.750 bits per heavy atom. The first-order chi connectivity index (χ1) is 11.5. The van der Waals surface area contributed by atoms with Crippen molar-refractivity contribution in [3.63, 3.8) is 0 Å². The van der Waals surface area contributed by atoms with E-state index in [4.69, 9.17) is 9.79 Å². The van der Waals surface area contributed by atoms with Gasteiger partial charge in [0, 0.05) is 0 Å². The van der Waals surface area contributed by atoms with Crippen LogP contribution in [0.4, 0.5) is 0 Å². The van der Waals surface area contributed by atoms with Crippen molar-refractivity contribution in [3.8, 4) is 0 Å². The van der Waals surface area contributed by atoms with Crippen LogP contribution < -0.4 is 0 Å². The van der Waals surface area contributed by atoms with Crippen molar-refractivity contribution in [3.05, 3.63) is 0 Å². The average molecular weight is 366 g/mol. The maximum Gasteiger partial charge on any atom is 0.469 e. The monoisotopic (exact) mass is 366 g/mol. The Morgan fingerprint density at radius 3 is 1.58 bits per heavy atom. The van der Waals surface area contributed by atoms with Gasteiger partial charge in [0.25, 0.3) is 0 Å². The van der Waals surface area contributed by atoms with Crippen LogP contribution in [0.15, 0.2) is 0 Å². The van der Waals surface area contributed by atoms with Crippen molar-refractivity contribution in [1.29, 1.82) is 0 Å². The van der Waals surface area contributed by atoms with Crippen LogP contribution in [0.2, 0.25) is 0 Å². The van der Waals surface area contributed by atoms with Gasteiger partial charge < -0.3 is 14.9 Å². The van der Waals surface area contributed by atoms with Gasteiger partial charge in [0.2, 0.25) is 0 Å². The summed E-state index contributed by atoms with van der Waals surface area (Å²) in [5.74, 6) is 0. The Kier molecular flexibility index (Phi) is 16.6. The van der Waals surface area contributed by atoms with E-state index in [1.54, 1.807) is 0 Å². The number of aliphatic hydroxyl groups excluding tert-OH is 1. The third-order valence-corrected chi connectivity index (χ3v) is 4.87. The lowest BCUT2D eigenvalue weighted by Crippen LogP contribution is -2.09. The number of unbranched alkanes of at least 4 members (excludes halogenated alkanes) is 12. The predicted molar refractivity (Wildman–Crippen MR) is 98.9 cm³/mol. The molecule has 0 aliphatic carbocycles. The molecular weight excluding hydrogens is 327 g/mol. The zero-order chi connectivity index (χ0) is 18.1. The number of hydrogen-bond acceptors (Lipinski definition) is 3. The molecular formula is C18H39O5P. The molecule has 0 unspecified atom stereocenters. The molecule has 0 aromatic heterocycles. The molecule has 0 saturated carbocycles. The van der Waals surface area contributed by atoms with Crippen molar-refractivity contribution in [2.75, 3.05) is 6.61 Å². The second-order valence-electron chi connectivity index (χ2n) is 6.80. The molecule has 0 aliphatic rings. The van der Waals surface area contributed by atoms with Gasteiger partial charge in [-0.05, 0) is 12.8 Å². The van der Waals surface area contributed by atoms with Crippen LogP contribution in [0.1, 0.15) is 103 Å². The van der Waals surface area contributed by atoms with E-state index < -0.39 is 13.9 Å². The van der Waals surface area contributed by atoms with E-state index in [9.17, 15) is 9.67 Å². The number of rotatable bonds is 18. The zero-order valence-corrected chi connectivity index (χ0v) is 16.4. The van der Waals surface area contributed by atoms with E-state index in [1.807, 2.05) is 0 Å². The van der Waals surface area contributed by atoms with Crippen LogP contribution in [0.3, 0.4) is 0 Å². The fraction of sp³-hybridized carbons (Fsp3) is 1.00. The highest BCUT2D eigenvalue weighted by Crippen LogP contribution is 2.35. The summed E-state index contributed by atoms with van der Waals surface area (Å²) in [7, 11) is -4.39. The first-order valence-electron chi connectivity index (χ1n) is 9.84. The highest BCUT2D eigenvalue weighted by atomic mass is 31.2. The Bertz CT molecular complexity index is 306. The molecule has 0 spiro atoms. The number of aliphatic hydroxyl groups is 1. The molecule has 0 rings (SSSR count). The van der Waals surface area contributed by atoms with Crippen molar-refractivity contribution in [2.45, 2.75) is 109 Å². The van der Waals surface area contributed by atoms with Gasteiger partial charge in [0.05, 0.1) is 12.7 Å². The molecule has 0 heterocycles. The first kappa shape index (κ1) is 24.1. The lowest BCUT2D eigenvalue weighted by atomic mass is 10.0. The average Bonchev–Trinajstić information content (AvgIpc) is 2.50.